The minimum atomic E-state index is 0.774. The molecule has 0 aliphatic carbocycles. The molecule has 0 atom stereocenters. The monoisotopic (exact) mass is 297 g/mol. The van der Waals surface area contributed by atoms with E-state index in [1.807, 2.05) is 23.2 Å². The third-order valence-corrected chi connectivity index (χ3v) is 4.16. The molecule has 5 nitrogen and oxygen atoms in total. The van der Waals surface area contributed by atoms with Crippen LogP contribution in [0.4, 0.5) is 5.69 Å². The van der Waals surface area contributed by atoms with Crippen molar-refractivity contribution in [2.75, 3.05) is 31.1 Å². The van der Waals surface area contributed by atoms with E-state index in [1.54, 1.807) is 0 Å². The topological polar surface area (TPSA) is 37.2 Å². The zero-order chi connectivity index (χ0) is 15.4. The summed E-state index contributed by atoms with van der Waals surface area (Å²) >= 11 is 0. The van der Waals surface area contributed by atoms with Gasteiger partial charge in [0.2, 0.25) is 0 Å². The Bertz CT molecular complexity index is 611. The van der Waals surface area contributed by atoms with Crippen molar-refractivity contribution < 1.29 is 0 Å². The zero-order valence-electron chi connectivity index (χ0n) is 13.1. The van der Waals surface area contributed by atoms with Gasteiger partial charge in [-0.15, -0.1) is 6.58 Å². The number of aromatic nitrogens is 3. The maximum absolute atomic E-state index is 4.53. The molecular formula is C17H23N5. The molecule has 0 amide bonds. The average molecular weight is 297 g/mol. The minimum Gasteiger partial charge on any atom is -0.369 e. The van der Waals surface area contributed by atoms with Crippen molar-refractivity contribution >= 4 is 5.69 Å². The summed E-state index contributed by atoms with van der Waals surface area (Å²) in [4.78, 5) is 9.01. The van der Waals surface area contributed by atoms with E-state index in [2.05, 4.69) is 51.7 Å². The Labute approximate surface area is 131 Å². The van der Waals surface area contributed by atoms with Crippen LogP contribution < -0.4 is 4.90 Å². The highest BCUT2D eigenvalue weighted by Crippen LogP contribution is 2.17. The van der Waals surface area contributed by atoms with Crippen molar-refractivity contribution in [2.45, 2.75) is 20.0 Å². The Morgan fingerprint density at radius 1 is 1.18 bits per heavy atom. The number of aryl methyl sites for hydroxylation is 1. The molecule has 2 aromatic heterocycles. The Balaban J connectivity index is 1.57. The summed E-state index contributed by atoms with van der Waals surface area (Å²) in [5, 5.41) is 4.53. The second-order valence-electron chi connectivity index (χ2n) is 5.72. The van der Waals surface area contributed by atoms with E-state index in [1.165, 1.54) is 11.3 Å². The Hall–Kier alpha value is -2.14. The van der Waals surface area contributed by atoms with Gasteiger partial charge in [-0.2, -0.15) is 5.10 Å². The van der Waals surface area contributed by atoms with Crippen LogP contribution in [0.3, 0.4) is 0 Å². The van der Waals surface area contributed by atoms with E-state index in [-0.39, 0.29) is 0 Å². The number of allylic oxidation sites excluding steroid dienone is 1. The molecule has 1 saturated heterocycles. The summed E-state index contributed by atoms with van der Waals surface area (Å²) < 4.78 is 1.96. The third-order valence-electron chi connectivity index (χ3n) is 4.16. The molecule has 1 fully saturated rings. The molecule has 0 radical (unpaired) electrons. The van der Waals surface area contributed by atoms with Crippen molar-refractivity contribution in [1.29, 1.82) is 0 Å². The lowest BCUT2D eigenvalue weighted by molar-refractivity contribution is 0.249. The van der Waals surface area contributed by atoms with Gasteiger partial charge in [0.25, 0.3) is 0 Å². The number of piperazine rings is 1. The third kappa shape index (κ3) is 3.36. The molecule has 2 aromatic rings. The molecule has 0 unspecified atom stereocenters. The van der Waals surface area contributed by atoms with Crippen LogP contribution in [0.5, 0.6) is 0 Å². The van der Waals surface area contributed by atoms with E-state index in [4.69, 9.17) is 0 Å². The summed E-state index contributed by atoms with van der Waals surface area (Å²) in [7, 11) is 0. The number of rotatable bonds is 5. The van der Waals surface area contributed by atoms with Crippen LogP contribution in [0.25, 0.3) is 0 Å². The second-order valence-corrected chi connectivity index (χ2v) is 5.72. The fourth-order valence-corrected chi connectivity index (χ4v) is 2.90. The number of hydrogen-bond acceptors (Lipinski definition) is 4. The van der Waals surface area contributed by atoms with Crippen molar-refractivity contribution in [3.63, 3.8) is 0 Å². The smallest absolute Gasteiger partial charge is 0.0638 e. The van der Waals surface area contributed by atoms with Crippen LogP contribution in [0.2, 0.25) is 0 Å². The van der Waals surface area contributed by atoms with Gasteiger partial charge < -0.3 is 4.90 Å². The van der Waals surface area contributed by atoms with Gasteiger partial charge in [0.05, 0.1) is 12.2 Å². The summed E-state index contributed by atoms with van der Waals surface area (Å²) in [6.45, 7) is 11.9. The first-order chi connectivity index (χ1) is 10.8. The van der Waals surface area contributed by atoms with E-state index < -0.39 is 0 Å². The molecule has 0 bridgehead atoms. The highest BCUT2D eigenvalue weighted by Gasteiger charge is 2.18. The molecule has 116 valence electrons. The van der Waals surface area contributed by atoms with Crippen LogP contribution in [0, 0.1) is 6.92 Å². The van der Waals surface area contributed by atoms with Gasteiger partial charge in [-0.05, 0) is 19.1 Å². The summed E-state index contributed by atoms with van der Waals surface area (Å²) in [5.74, 6) is 0. The molecule has 3 rings (SSSR count). The summed E-state index contributed by atoms with van der Waals surface area (Å²) in [5.41, 5.74) is 3.71. The Morgan fingerprint density at radius 2 is 1.91 bits per heavy atom. The molecule has 0 saturated carbocycles. The number of nitrogens with zero attached hydrogens (tertiary/aromatic N) is 5. The largest absolute Gasteiger partial charge is 0.369 e. The number of anilines is 1. The fourth-order valence-electron chi connectivity index (χ4n) is 2.90. The predicted molar refractivity (Wildman–Crippen MR) is 88.9 cm³/mol. The highest BCUT2D eigenvalue weighted by atomic mass is 15.3. The molecule has 0 aromatic carbocycles. The van der Waals surface area contributed by atoms with Gasteiger partial charge in [0.1, 0.15) is 0 Å². The van der Waals surface area contributed by atoms with Gasteiger partial charge in [-0.25, -0.2) is 0 Å². The quantitative estimate of drug-likeness (QED) is 0.792. The average Bonchev–Trinajstić information content (AvgIpc) is 2.89. The van der Waals surface area contributed by atoms with Crippen LogP contribution in [-0.4, -0.2) is 45.8 Å². The van der Waals surface area contributed by atoms with Gasteiger partial charge in [-0.1, -0.05) is 6.08 Å². The Kier molecular flexibility index (Phi) is 4.53. The number of pyridine rings is 1. The number of hydrogen-bond donors (Lipinski definition) is 0. The minimum absolute atomic E-state index is 0.774. The van der Waals surface area contributed by atoms with E-state index in [0.717, 1.165) is 45.0 Å². The van der Waals surface area contributed by atoms with E-state index in [9.17, 15) is 0 Å². The van der Waals surface area contributed by atoms with Crippen molar-refractivity contribution in [2.24, 2.45) is 0 Å². The lowest BCUT2D eigenvalue weighted by atomic mass is 10.2. The molecule has 3 heterocycles. The molecule has 5 heteroatoms. The maximum atomic E-state index is 4.53. The molecule has 22 heavy (non-hydrogen) atoms. The van der Waals surface area contributed by atoms with E-state index in [0.29, 0.717) is 0 Å². The second kappa shape index (κ2) is 6.75. The van der Waals surface area contributed by atoms with Gasteiger partial charge in [0.15, 0.2) is 0 Å². The lowest BCUT2D eigenvalue weighted by Crippen LogP contribution is -2.46. The molecule has 0 N–H and O–H groups in total. The molecule has 1 aliphatic heterocycles. The van der Waals surface area contributed by atoms with Crippen molar-refractivity contribution in [3.8, 4) is 0 Å². The molecule has 1 aliphatic rings. The van der Waals surface area contributed by atoms with E-state index >= 15 is 0 Å². The van der Waals surface area contributed by atoms with Crippen LogP contribution in [-0.2, 0) is 13.1 Å². The zero-order valence-corrected chi connectivity index (χ0v) is 13.1. The normalized spacial score (nSPS) is 16.0. The molecular weight excluding hydrogens is 274 g/mol. The Morgan fingerprint density at radius 3 is 2.59 bits per heavy atom. The van der Waals surface area contributed by atoms with Gasteiger partial charge in [0, 0.05) is 62.6 Å². The fraction of sp³-hybridized carbons (Fsp3) is 0.412. The maximum Gasteiger partial charge on any atom is 0.0638 e. The van der Waals surface area contributed by atoms with Gasteiger partial charge in [-0.3, -0.25) is 14.6 Å². The van der Waals surface area contributed by atoms with Crippen LogP contribution in [0.1, 0.15) is 11.3 Å². The molecule has 0 spiro atoms. The first-order valence-corrected chi connectivity index (χ1v) is 7.77. The first kappa shape index (κ1) is 14.8. The summed E-state index contributed by atoms with van der Waals surface area (Å²) in [6.07, 6.45) is 7.74. The van der Waals surface area contributed by atoms with Crippen LogP contribution >= 0.6 is 0 Å². The van der Waals surface area contributed by atoms with Crippen molar-refractivity contribution in [1.82, 2.24) is 19.7 Å². The first-order valence-electron chi connectivity index (χ1n) is 7.77. The van der Waals surface area contributed by atoms with Crippen LogP contribution in [0.15, 0.2) is 43.4 Å². The van der Waals surface area contributed by atoms with Crippen molar-refractivity contribution in [3.05, 3.63) is 54.6 Å². The SMILES string of the molecule is C=CCn1cc(CN2CCN(c3ccncc3)CC2)c(C)n1. The standard InChI is InChI=1S/C17H23N5/c1-3-8-22-14-16(15(2)19-22)13-20-9-11-21(12-10-20)17-4-6-18-7-5-17/h3-7,14H,1,8-13H2,2H3. The lowest BCUT2D eigenvalue weighted by Gasteiger charge is -2.35. The van der Waals surface area contributed by atoms with Gasteiger partial charge >= 0.3 is 0 Å². The summed E-state index contributed by atoms with van der Waals surface area (Å²) in [6, 6.07) is 4.16. The predicted octanol–water partition coefficient (Wildman–Crippen LogP) is 2.09. The highest BCUT2D eigenvalue weighted by molar-refractivity contribution is 5.44.